The Bertz CT molecular complexity index is 427. The van der Waals surface area contributed by atoms with Gasteiger partial charge in [0.25, 0.3) is 0 Å². The zero-order valence-corrected chi connectivity index (χ0v) is 11.8. The van der Waals surface area contributed by atoms with E-state index < -0.39 is 0 Å². The summed E-state index contributed by atoms with van der Waals surface area (Å²) in [4.78, 5) is 12.4. The van der Waals surface area contributed by atoms with Gasteiger partial charge in [-0.2, -0.15) is 5.10 Å². The Hall–Kier alpha value is -1.36. The number of rotatable bonds is 4. The highest BCUT2D eigenvalue weighted by Crippen LogP contribution is 2.30. The van der Waals surface area contributed by atoms with Crippen molar-refractivity contribution in [3.63, 3.8) is 0 Å². The minimum atomic E-state index is 0.0502. The van der Waals surface area contributed by atoms with Crippen molar-refractivity contribution in [3.8, 4) is 0 Å². The number of carbonyl (C=O) groups excluding carboxylic acids is 1. The van der Waals surface area contributed by atoms with Crippen molar-refractivity contribution < 1.29 is 4.79 Å². The van der Waals surface area contributed by atoms with Crippen LogP contribution in [0.5, 0.6) is 0 Å². The predicted molar refractivity (Wildman–Crippen MR) is 75.7 cm³/mol. The van der Waals surface area contributed by atoms with Crippen LogP contribution in [0.15, 0.2) is 12.3 Å². The van der Waals surface area contributed by atoms with Crippen LogP contribution in [0, 0.1) is 11.8 Å². The lowest BCUT2D eigenvalue weighted by molar-refractivity contribution is -0.122. The Morgan fingerprint density at radius 2 is 2.26 bits per heavy atom. The lowest BCUT2D eigenvalue weighted by Gasteiger charge is -2.29. The molecule has 2 rings (SSSR count). The normalized spacial score (nSPS) is 23.6. The first kappa shape index (κ1) is 14.1. The molecule has 0 aliphatic heterocycles. The van der Waals surface area contributed by atoms with Gasteiger partial charge < -0.3 is 11.1 Å². The van der Waals surface area contributed by atoms with Crippen LogP contribution in [-0.4, -0.2) is 22.2 Å². The van der Waals surface area contributed by atoms with Gasteiger partial charge in [0.05, 0.1) is 6.20 Å². The van der Waals surface area contributed by atoms with E-state index in [1.165, 1.54) is 6.42 Å². The maximum absolute atomic E-state index is 12.4. The topological polar surface area (TPSA) is 72.9 Å². The van der Waals surface area contributed by atoms with E-state index in [0.717, 1.165) is 25.1 Å². The van der Waals surface area contributed by atoms with Crippen molar-refractivity contribution in [2.45, 2.75) is 45.6 Å². The molecule has 0 saturated heterocycles. The van der Waals surface area contributed by atoms with E-state index in [9.17, 15) is 4.79 Å². The van der Waals surface area contributed by atoms with Crippen LogP contribution in [-0.2, 0) is 4.79 Å². The Balaban J connectivity index is 2.05. The zero-order valence-electron chi connectivity index (χ0n) is 11.8. The standard InChI is InChI=1S/C14H24N4O/c1-10(2)18-13(7-8-16-18)17-14(19)12-6-4-3-5-11(12)9-15/h7-8,10-12H,3-6,9,15H2,1-2H3,(H,17,19). The summed E-state index contributed by atoms with van der Waals surface area (Å²) in [6, 6.07) is 2.08. The monoisotopic (exact) mass is 264 g/mol. The van der Waals surface area contributed by atoms with Gasteiger partial charge in [0.15, 0.2) is 0 Å². The van der Waals surface area contributed by atoms with Gasteiger partial charge in [-0.05, 0) is 39.2 Å². The number of hydrogen-bond acceptors (Lipinski definition) is 3. The molecule has 1 aromatic rings. The highest BCUT2D eigenvalue weighted by Gasteiger charge is 2.30. The molecule has 1 amide bonds. The van der Waals surface area contributed by atoms with E-state index in [2.05, 4.69) is 10.4 Å². The first-order chi connectivity index (χ1) is 9.13. The van der Waals surface area contributed by atoms with Gasteiger partial charge in [0.1, 0.15) is 5.82 Å². The first-order valence-corrected chi connectivity index (χ1v) is 7.18. The first-order valence-electron chi connectivity index (χ1n) is 7.18. The summed E-state index contributed by atoms with van der Waals surface area (Å²) in [5.74, 6) is 1.25. The number of carbonyl (C=O) groups is 1. The van der Waals surface area contributed by atoms with Crippen LogP contribution in [0.4, 0.5) is 5.82 Å². The van der Waals surface area contributed by atoms with Crippen molar-refractivity contribution >= 4 is 11.7 Å². The molecule has 1 fully saturated rings. The third-order valence-electron chi connectivity index (χ3n) is 3.96. The average Bonchev–Trinajstić information content (AvgIpc) is 2.87. The molecule has 5 heteroatoms. The van der Waals surface area contributed by atoms with Crippen LogP contribution in [0.3, 0.4) is 0 Å². The van der Waals surface area contributed by atoms with Crippen molar-refractivity contribution in [2.24, 2.45) is 17.6 Å². The summed E-state index contributed by atoms with van der Waals surface area (Å²) in [6.45, 7) is 4.69. The van der Waals surface area contributed by atoms with Crippen LogP contribution < -0.4 is 11.1 Å². The number of nitrogens with one attached hydrogen (secondary N) is 1. The second-order valence-corrected chi connectivity index (χ2v) is 5.63. The van der Waals surface area contributed by atoms with Gasteiger partial charge >= 0.3 is 0 Å². The minimum Gasteiger partial charge on any atom is -0.330 e. The van der Waals surface area contributed by atoms with Gasteiger partial charge in [-0.3, -0.25) is 4.79 Å². The third kappa shape index (κ3) is 3.15. The molecule has 1 aromatic heterocycles. The molecule has 0 bridgehead atoms. The van der Waals surface area contributed by atoms with Crippen molar-refractivity contribution in [3.05, 3.63) is 12.3 Å². The lowest BCUT2D eigenvalue weighted by Crippen LogP contribution is -2.36. The molecular weight excluding hydrogens is 240 g/mol. The number of nitrogens with two attached hydrogens (primary N) is 1. The Morgan fingerprint density at radius 1 is 1.53 bits per heavy atom. The third-order valence-corrected chi connectivity index (χ3v) is 3.96. The van der Waals surface area contributed by atoms with Gasteiger partial charge in [-0.25, -0.2) is 4.68 Å². The summed E-state index contributed by atoms with van der Waals surface area (Å²) in [6.07, 6.45) is 6.05. The fourth-order valence-corrected chi connectivity index (χ4v) is 2.88. The Kier molecular flexibility index (Phi) is 4.58. The van der Waals surface area contributed by atoms with Crippen molar-refractivity contribution in [1.29, 1.82) is 0 Å². The second-order valence-electron chi connectivity index (χ2n) is 5.63. The van der Waals surface area contributed by atoms with E-state index in [0.29, 0.717) is 12.5 Å². The molecular formula is C14H24N4O. The molecule has 2 unspecified atom stereocenters. The predicted octanol–water partition coefficient (Wildman–Crippen LogP) is 2.17. The fourth-order valence-electron chi connectivity index (χ4n) is 2.88. The highest BCUT2D eigenvalue weighted by atomic mass is 16.2. The molecule has 19 heavy (non-hydrogen) atoms. The molecule has 2 atom stereocenters. The van der Waals surface area contributed by atoms with Gasteiger partial charge in [-0.15, -0.1) is 0 Å². The average molecular weight is 264 g/mol. The second kappa shape index (κ2) is 6.19. The minimum absolute atomic E-state index is 0.0502. The summed E-state index contributed by atoms with van der Waals surface area (Å²) in [7, 11) is 0. The fraction of sp³-hybridized carbons (Fsp3) is 0.714. The molecule has 1 saturated carbocycles. The molecule has 1 aliphatic carbocycles. The van der Waals surface area contributed by atoms with Gasteiger partial charge in [0.2, 0.25) is 5.91 Å². The molecule has 1 heterocycles. The SMILES string of the molecule is CC(C)n1nccc1NC(=O)C1CCCCC1CN. The zero-order chi connectivity index (χ0) is 13.8. The Labute approximate surface area is 114 Å². The molecule has 5 nitrogen and oxygen atoms in total. The Morgan fingerprint density at radius 3 is 2.95 bits per heavy atom. The van der Waals surface area contributed by atoms with Crippen LogP contribution in [0.25, 0.3) is 0 Å². The lowest BCUT2D eigenvalue weighted by atomic mass is 9.79. The maximum atomic E-state index is 12.4. The smallest absolute Gasteiger partial charge is 0.228 e. The van der Waals surface area contributed by atoms with Crippen molar-refractivity contribution in [2.75, 3.05) is 11.9 Å². The van der Waals surface area contributed by atoms with Crippen molar-refractivity contribution in [1.82, 2.24) is 9.78 Å². The van der Waals surface area contributed by atoms with Crippen LogP contribution >= 0.6 is 0 Å². The highest BCUT2D eigenvalue weighted by molar-refractivity contribution is 5.92. The molecule has 106 valence electrons. The summed E-state index contributed by atoms with van der Waals surface area (Å²) in [5, 5.41) is 7.24. The summed E-state index contributed by atoms with van der Waals surface area (Å²) >= 11 is 0. The number of aromatic nitrogens is 2. The molecule has 0 spiro atoms. The van der Waals surface area contributed by atoms with E-state index >= 15 is 0 Å². The molecule has 0 aromatic carbocycles. The maximum Gasteiger partial charge on any atom is 0.228 e. The number of amides is 1. The summed E-state index contributed by atoms with van der Waals surface area (Å²) < 4.78 is 1.83. The number of hydrogen-bond donors (Lipinski definition) is 2. The summed E-state index contributed by atoms with van der Waals surface area (Å²) in [5.41, 5.74) is 5.79. The quantitative estimate of drug-likeness (QED) is 0.875. The van der Waals surface area contributed by atoms with Crippen LogP contribution in [0.1, 0.15) is 45.6 Å². The largest absolute Gasteiger partial charge is 0.330 e. The van der Waals surface area contributed by atoms with Crippen LogP contribution in [0.2, 0.25) is 0 Å². The molecule has 1 aliphatic rings. The number of anilines is 1. The molecule has 3 N–H and O–H groups in total. The van der Waals surface area contributed by atoms with E-state index in [-0.39, 0.29) is 17.9 Å². The van der Waals surface area contributed by atoms with E-state index in [1.807, 2.05) is 24.6 Å². The van der Waals surface area contributed by atoms with Gasteiger partial charge in [0, 0.05) is 18.0 Å². The number of nitrogens with zero attached hydrogens (tertiary/aromatic N) is 2. The van der Waals surface area contributed by atoms with E-state index in [1.54, 1.807) is 6.20 Å². The van der Waals surface area contributed by atoms with Gasteiger partial charge in [-0.1, -0.05) is 12.8 Å². The van der Waals surface area contributed by atoms with E-state index in [4.69, 9.17) is 5.73 Å². The molecule has 0 radical (unpaired) electrons.